The molecule has 3 unspecified atom stereocenters. The van der Waals surface area contributed by atoms with Crippen LogP contribution in [-0.4, -0.2) is 59.6 Å². The summed E-state index contributed by atoms with van der Waals surface area (Å²) in [4.78, 5) is 15.5. The van der Waals surface area contributed by atoms with Crippen molar-refractivity contribution in [1.82, 2.24) is 15.5 Å². The van der Waals surface area contributed by atoms with E-state index in [4.69, 9.17) is 0 Å². The summed E-state index contributed by atoms with van der Waals surface area (Å²) >= 11 is 2.07. The minimum absolute atomic E-state index is 0. The van der Waals surface area contributed by atoms with Crippen molar-refractivity contribution >= 4 is 42.5 Å². The molecule has 0 bridgehead atoms. The van der Waals surface area contributed by atoms with Gasteiger partial charge in [0.1, 0.15) is 0 Å². The third-order valence-corrected chi connectivity index (χ3v) is 7.93. The number of halogens is 2. The molecule has 4 rings (SSSR count). The summed E-state index contributed by atoms with van der Waals surface area (Å²) in [7, 11) is 0. The predicted molar refractivity (Wildman–Crippen MR) is 115 cm³/mol. The molecule has 0 radical (unpaired) electrons. The Bertz CT molecular complexity index is 442. The van der Waals surface area contributed by atoms with Crippen LogP contribution in [-0.2, 0) is 4.79 Å². The number of thioether (sulfide) groups is 1. The topological polar surface area (TPSA) is 44.4 Å². The minimum Gasteiger partial charge on any atom is -0.353 e. The molecule has 4 aliphatic rings. The van der Waals surface area contributed by atoms with Crippen molar-refractivity contribution in [2.24, 2.45) is 5.92 Å². The number of carbonyl (C=O) groups excluding carboxylic acids is 1. The van der Waals surface area contributed by atoms with Gasteiger partial charge in [-0.25, -0.2) is 0 Å². The molecule has 0 aromatic carbocycles. The molecule has 2 heterocycles. The number of rotatable bonds is 4. The third-order valence-electron chi connectivity index (χ3n) is 6.99. The second-order valence-corrected chi connectivity index (χ2v) is 9.58. The molecule has 7 heteroatoms. The van der Waals surface area contributed by atoms with Gasteiger partial charge in [0.2, 0.25) is 5.91 Å². The predicted octanol–water partition coefficient (Wildman–Crippen LogP) is 3.23. The first-order chi connectivity index (χ1) is 11.8. The highest BCUT2D eigenvalue weighted by Gasteiger charge is 2.42. The molecule has 4 nitrogen and oxygen atoms in total. The average Bonchev–Trinajstić information content (AvgIpc) is 3.28. The lowest BCUT2D eigenvalue weighted by atomic mass is 9.85. The SMILES string of the molecule is Cl.Cl.O=C(NCC1(N2CCSCC2)CCCC1)C1CC2CCCCC2N1. The van der Waals surface area contributed by atoms with E-state index in [1.165, 1.54) is 76.0 Å². The number of hydrogen-bond acceptors (Lipinski definition) is 4. The highest BCUT2D eigenvalue weighted by molar-refractivity contribution is 7.99. The van der Waals surface area contributed by atoms with Crippen LogP contribution in [0.25, 0.3) is 0 Å². The highest BCUT2D eigenvalue weighted by Crippen LogP contribution is 2.37. The van der Waals surface area contributed by atoms with Gasteiger partial charge in [-0.2, -0.15) is 11.8 Å². The fraction of sp³-hybridized carbons (Fsp3) is 0.947. The molecule has 2 saturated heterocycles. The lowest BCUT2D eigenvalue weighted by Crippen LogP contribution is -2.57. The molecule has 0 aromatic heterocycles. The van der Waals surface area contributed by atoms with Crippen LogP contribution in [0.2, 0.25) is 0 Å². The Hall–Kier alpha value is 0.320. The summed E-state index contributed by atoms with van der Waals surface area (Å²) in [6, 6.07) is 0.669. The van der Waals surface area contributed by atoms with Gasteiger partial charge < -0.3 is 10.6 Å². The van der Waals surface area contributed by atoms with Crippen molar-refractivity contribution < 1.29 is 4.79 Å². The maximum atomic E-state index is 12.8. The van der Waals surface area contributed by atoms with Gasteiger partial charge in [-0.3, -0.25) is 9.69 Å². The number of fused-ring (bicyclic) bond motifs is 1. The number of amides is 1. The van der Waals surface area contributed by atoms with E-state index in [2.05, 4.69) is 27.3 Å². The Labute approximate surface area is 175 Å². The lowest BCUT2D eigenvalue weighted by Gasteiger charge is -2.43. The Morgan fingerprint density at radius 3 is 2.46 bits per heavy atom. The maximum absolute atomic E-state index is 12.8. The van der Waals surface area contributed by atoms with Gasteiger partial charge in [-0.15, -0.1) is 24.8 Å². The number of hydrogen-bond donors (Lipinski definition) is 2. The molecule has 4 fully saturated rings. The molecule has 3 atom stereocenters. The summed E-state index contributed by atoms with van der Waals surface area (Å²) < 4.78 is 0. The van der Waals surface area contributed by atoms with Gasteiger partial charge in [0.05, 0.1) is 6.04 Å². The van der Waals surface area contributed by atoms with Crippen LogP contribution >= 0.6 is 36.6 Å². The van der Waals surface area contributed by atoms with Crippen molar-refractivity contribution in [2.75, 3.05) is 31.1 Å². The van der Waals surface area contributed by atoms with E-state index in [0.29, 0.717) is 6.04 Å². The van der Waals surface area contributed by atoms with Crippen molar-refractivity contribution in [1.29, 1.82) is 0 Å². The zero-order valence-electron chi connectivity index (χ0n) is 15.7. The fourth-order valence-electron chi connectivity index (χ4n) is 5.57. The highest BCUT2D eigenvalue weighted by atomic mass is 35.5. The number of nitrogens with zero attached hydrogens (tertiary/aromatic N) is 1. The number of carbonyl (C=O) groups is 1. The van der Waals surface area contributed by atoms with Crippen molar-refractivity contribution in [3.8, 4) is 0 Å². The van der Waals surface area contributed by atoms with Gasteiger partial charge in [0, 0.05) is 42.7 Å². The van der Waals surface area contributed by atoms with E-state index in [-0.39, 0.29) is 42.3 Å². The lowest BCUT2D eigenvalue weighted by molar-refractivity contribution is -0.123. The molecule has 0 aromatic rings. The molecule has 152 valence electrons. The van der Waals surface area contributed by atoms with Crippen LogP contribution in [0.3, 0.4) is 0 Å². The summed E-state index contributed by atoms with van der Waals surface area (Å²) in [6.07, 6.45) is 11.5. The first kappa shape index (κ1) is 22.6. The minimum atomic E-state index is 0. The van der Waals surface area contributed by atoms with Gasteiger partial charge in [0.25, 0.3) is 0 Å². The molecular formula is C19H35Cl2N3OS. The van der Waals surface area contributed by atoms with E-state index >= 15 is 0 Å². The Kier molecular flexibility index (Phi) is 8.87. The molecule has 2 N–H and O–H groups in total. The van der Waals surface area contributed by atoms with Crippen molar-refractivity contribution in [2.45, 2.75) is 75.4 Å². The standard InChI is InChI=1S/C19H33N3OS.2ClH/c23-18(17-13-15-5-1-2-6-16(15)21-17)20-14-19(7-3-4-8-19)22-9-11-24-12-10-22;;/h15-17,21H,1-14H2,(H,20,23);2*1H. The molecule has 2 aliphatic heterocycles. The number of nitrogens with one attached hydrogen (secondary N) is 2. The van der Waals surface area contributed by atoms with Crippen LogP contribution in [0.4, 0.5) is 0 Å². The van der Waals surface area contributed by atoms with Crippen molar-refractivity contribution in [3.05, 3.63) is 0 Å². The van der Waals surface area contributed by atoms with E-state index in [9.17, 15) is 4.79 Å². The van der Waals surface area contributed by atoms with E-state index in [0.717, 1.165) is 18.9 Å². The van der Waals surface area contributed by atoms with Crippen molar-refractivity contribution in [3.63, 3.8) is 0 Å². The second-order valence-electron chi connectivity index (χ2n) is 8.35. The molecule has 0 spiro atoms. The zero-order valence-corrected chi connectivity index (χ0v) is 18.2. The fourth-order valence-corrected chi connectivity index (χ4v) is 6.47. The quantitative estimate of drug-likeness (QED) is 0.728. The smallest absolute Gasteiger partial charge is 0.237 e. The van der Waals surface area contributed by atoms with Gasteiger partial charge in [-0.05, 0) is 38.0 Å². The van der Waals surface area contributed by atoms with E-state index in [1.807, 2.05) is 0 Å². The average molecular weight is 424 g/mol. The molecule has 2 saturated carbocycles. The molecular weight excluding hydrogens is 389 g/mol. The summed E-state index contributed by atoms with van der Waals surface area (Å²) in [5, 5.41) is 7.00. The van der Waals surface area contributed by atoms with Crippen LogP contribution < -0.4 is 10.6 Å². The maximum Gasteiger partial charge on any atom is 0.237 e. The first-order valence-electron chi connectivity index (χ1n) is 10.1. The normalized spacial score (nSPS) is 33.6. The Morgan fingerprint density at radius 2 is 1.77 bits per heavy atom. The largest absolute Gasteiger partial charge is 0.353 e. The van der Waals surface area contributed by atoms with Crippen LogP contribution in [0.1, 0.15) is 57.8 Å². The van der Waals surface area contributed by atoms with Crippen LogP contribution in [0.5, 0.6) is 0 Å². The van der Waals surface area contributed by atoms with E-state index < -0.39 is 0 Å². The van der Waals surface area contributed by atoms with Crippen LogP contribution in [0, 0.1) is 5.92 Å². The molecule has 26 heavy (non-hydrogen) atoms. The molecule has 2 aliphatic carbocycles. The summed E-state index contributed by atoms with van der Waals surface area (Å²) in [6.45, 7) is 3.27. The zero-order chi connectivity index (χ0) is 16.4. The third kappa shape index (κ3) is 4.83. The monoisotopic (exact) mass is 423 g/mol. The van der Waals surface area contributed by atoms with Gasteiger partial charge in [-0.1, -0.05) is 25.7 Å². The summed E-state index contributed by atoms with van der Waals surface area (Å²) in [5.74, 6) is 3.52. The second kappa shape index (κ2) is 10.2. The van der Waals surface area contributed by atoms with Gasteiger partial charge >= 0.3 is 0 Å². The first-order valence-corrected chi connectivity index (χ1v) is 11.3. The Morgan fingerprint density at radius 1 is 1.08 bits per heavy atom. The van der Waals surface area contributed by atoms with Gasteiger partial charge in [0.15, 0.2) is 0 Å². The van der Waals surface area contributed by atoms with Crippen LogP contribution in [0.15, 0.2) is 0 Å². The Balaban J connectivity index is 0.00000121. The summed E-state index contributed by atoms with van der Waals surface area (Å²) in [5.41, 5.74) is 0.252. The van der Waals surface area contributed by atoms with E-state index in [1.54, 1.807) is 0 Å². The molecule has 1 amide bonds.